The lowest BCUT2D eigenvalue weighted by Crippen LogP contribution is -2.30. The molecule has 2 aromatic carbocycles. The fraction of sp³-hybridized carbons (Fsp3) is 0.125. The molecule has 3 N–H and O–H groups in total. The van der Waals surface area contributed by atoms with E-state index in [4.69, 9.17) is 35.4 Å². The lowest BCUT2D eigenvalue weighted by atomic mass is 10.1. The highest BCUT2D eigenvalue weighted by Crippen LogP contribution is 2.19. The van der Waals surface area contributed by atoms with E-state index in [2.05, 4.69) is 20.6 Å². The maximum atomic E-state index is 5.98. The molecule has 0 bridgehead atoms. The number of rotatable bonds is 4. The summed E-state index contributed by atoms with van der Waals surface area (Å²) in [4.78, 5) is 7.58. The normalized spacial score (nSPS) is 10.7. The van der Waals surface area contributed by atoms with Gasteiger partial charge in [-0.1, -0.05) is 35.3 Å². The summed E-state index contributed by atoms with van der Waals surface area (Å²) in [6.45, 7) is 0.669. The molecule has 0 spiro atoms. The summed E-state index contributed by atoms with van der Waals surface area (Å²) < 4.78 is 0. The van der Waals surface area contributed by atoms with Crippen molar-refractivity contribution in [1.82, 2.24) is 15.3 Å². The number of aromatic nitrogens is 2. The second kappa shape index (κ2) is 7.17. The van der Waals surface area contributed by atoms with E-state index in [1.807, 2.05) is 36.4 Å². The molecule has 0 aliphatic carbocycles. The minimum Gasteiger partial charge on any atom is -0.362 e. The van der Waals surface area contributed by atoms with Gasteiger partial charge < -0.3 is 15.6 Å². The molecule has 0 amide bonds. The van der Waals surface area contributed by atoms with Crippen LogP contribution in [0.25, 0.3) is 11.0 Å². The summed E-state index contributed by atoms with van der Waals surface area (Å²) in [6, 6.07) is 13.3. The molecule has 0 saturated carbocycles. The Hall–Kier alpha value is -1.82. The lowest BCUT2D eigenvalue weighted by molar-refractivity contribution is 0.872. The number of nitrogens with one attached hydrogen (secondary N) is 3. The van der Waals surface area contributed by atoms with Crippen LogP contribution in [-0.4, -0.2) is 21.6 Å². The number of H-pyrrole nitrogens is 1. The van der Waals surface area contributed by atoms with Crippen LogP contribution in [0.3, 0.4) is 0 Å². The Bertz CT molecular complexity index is 794. The fourth-order valence-electron chi connectivity index (χ4n) is 2.24. The van der Waals surface area contributed by atoms with Gasteiger partial charge in [-0.2, -0.15) is 0 Å². The Labute approximate surface area is 149 Å². The smallest absolute Gasteiger partial charge is 0.207 e. The van der Waals surface area contributed by atoms with Gasteiger partial charge in [-0.3, -0.25) is 0 Å². The number of nitrogens with zero attached hydrogens (tertiary/aromatic N) is 1. The van der Waals surface area contributed by atoms with Crippen LogP contribution in [-0.2, 0) is 6.42 Å². The molecule has 0 saturated heterocycles. The maximum absolute atomic E-state index is 5.98. The first kappa shape index (κ1) is 16.1. The van der Waals surface area contributed by atoms with E-state index in [0.717, 1.165) is 23.0 Å². The first-order valence-electron chi connectivity index (χ1n) is 7.05. The van der Waals surface area contributed by atoms with Crippen molar-refractivity contribution in [2.24, 2.45) is 0 Å². The predicted octanol–water partition coefficient (Wildman–Crippen LogP) is 4.40. The zero-order valence-electron chi connectivity index (χ0n) is 12.1. The molecule has 4 nitrogen and oxygen atoms in total. The number of benzene rings is 2. The molecule has 0 unspecified atom stereocenters. The number of halogens is 2. The van der Waals surface area contributed by atoms with Gasteiger partial charge in [-0.15, -0.1) is 0 Å². The van der Waals surface area contributed by atoms with Crippen LogP contribution >= 0.6 is 35.4 Å². The Morgan fingerprint density at radius 2 is 1.87 bits per heavy atom. The summed E-state index contributed by atoms with van der Waals surface area (Å²) in [5, 5.41) is 7.96. The standard InChI is InChI=1S/C16H14Cl2N4S/c17-11-7-10(8-12(18)9-11)5-6-19-16(23)22-15-20-13-3-1-2-4-14(13)21-15/h1-4,7-9H,5-6H2,(H3,19,20,21,22,23). The molecule has 118 valence electrons. The first-order chi connectivity index (χ1) is 11.1. The molecule has 0 fully saturated rings. The number of para-hydroxylation sites is 2. The van der Waals surface area contributed by atoms with Gasteiger partial charge in [-0.05, 0) is 54.5 Å². The second-order valence-corrected chi connectivity index (χ2v) is 6.29. The fourth-order valence-corrected chi connectivity index (χ4v) is 3.01. The third-order valence-corrected chi connectivity index (χ3v) is 3.93. The molecule has 0 aliphatic rings. The van der Waals surface area contributed by atoms with Crippen molar-refractivity contribution in [2.75, 3.05) is 11.9 Å². The summed E-state index contributed by atoms with van der Waals surface area (Å²) in [7, 11) is 0. The molecule has 3 aromatic rings. The number of anilines is 1. The number of aromatic amines is 1. The van der Waals surface area contributed by atoms with Crippen LogP contribution in [0.1, 0.15) is 5.56 Å². The van der Waals surface area contributed by atoms with E-state index in [-0.39, 0.29) is 0 Å². The Morgan fingerprint density at radius 1 is 1.13 bits per heavy atom. The van der Waals surface area contributed by atoms with E-state index in [1.165, 1.54) is 0 Å². The van der Waals surface area contributed by atoms with E-state index in [1.54, 1.807) is 6.07 Å². The molecule has 3 rings (SSSR count). The maximum Gasteiger partial charge on any atom is 0.207 e. The van der Waals surface area contributed by atoms with Gasteiger partial charge in [0.2, 0.25) is 5.95 Å². The molecule has 1 heterocycles. The average Bonchev–Trinajstić information content (AvgIpc) is 2.88. The molecular weight excluding hydrogens is 351 g/mol. The van der Waals surface area contributed by atoms with E-state index < -0.39 is 0 Å². The number of fused-ring (bicyclic) bond motifs is 1. The monoisotopic (exact) mass is 364 g/mol. The lowest BCUT2D eigenvalue weighted by Gasteiger charge is -2.09. The molecule has 0 aliphatic heterocycles. The van der Waals surface area contributed by atoms with Gasteiger partial charge in [0, 0.05) is 16.6 Å². The van der Waals surface area contributed by atoms with Crippen LogP contribution in [0.4, 0.5) is 5.95 Å². The molecule has 0 radical (unpaired) electrons. The van der Waals surface area contributed by atoms with Gasteiger partial charge in [-0.25, -0.2) is 4.98 Å². The van der Waals surface area contributed by atoms with Crippen LogP contribution in [0.2, 0.25) is 10.0 Å². The van der Waals surface area contributed by atoms with E-state index in [9.17, 15) is 0 Å². The van der Waals surface area contributed by atoms with Crippen LogP contribution in [0.15, 0.2) is 42.5 Å². The zero-order valence-corrected chi connectivity index (χ0v) is 14.4. The quantitative estimate of drug-likeness (QED) is 0.600. The van der Waals surface area contributed by atoms with Crippen molar-refractivity contribution in [1.29, 1.82) is 0 Å². The Balaban J connectivity index is 1.53. The second-order valence-electron chi connectivity index (χ2n) is 5.01. The Kier molecular flexibility index (Phi) is 5.00. The molecular formula is C16H14Cl2N4S. The SMILES string of the molecule is S=C(NCCc1cc(Cl)cc(Cl)c1)Nc1nc2ccccc2[nH]1. The van der Waals surface area contributed by atoms with Crippen molar-refractivity contribution in [3.05, 3.63) is 58.1 Å². The molecule has 1 aromatic heterocycles. The summed E-state index contributed by atoms with van der Waals surface area (Å²) in [5.74, 6) is 0.620. The Morgan fingerprint density at radius 3 is 2.61 bits per heavy atom. The highest BCUT2D eigenvalue weighted by Gasteiger charge is 2.04. The van der Waals surface area contributed by atoms with Crippen molar-refractivity contribution in [3.63, 3.8) is 0 Å². The summed E-state index contributed by atoms with van der Waals surface area (Å²) in [5.41, 5.74) is 2.92. The van der Waals surface area contributed by atoms with Gasteiger partial charge in [0.1, 0.15) is 0 Å². The van der Waals surface area contributed by atoms with Gasteiger partial charge in [0.25, 0.3) is 0 Å². The van der Waals surface area contributed by atoms with Crippen LogP contribution in [0, 0.1) is 0 Å². The van der Waals surface area contributed by atoms with Crippen molar-refractivity contribution in [3.8, 4) is 0 Å². The minimum absolute atomic E-state index is 0.511. The highest BCUT2D eigenvalue weighted by molar-refractivity contribution is 7.80. The number of imidazole rings is 1. The summed E-state index contributed by atoms with van der Waals surface area (Å²) >= 11 is 17.2. The highest BCUT2D eigenvalue weighted by atomic mass is 35.5. The van der Waals surface area contributed by atoms with Crippen molar-refractivity contribution in [2.45, 2.75) is 6.42 Å². The van der Waals surface area contributed by atoms with E-state index in [0.29, 0.717) is 27.7 Å². The van der Waals surface area contributed by atoms with Gasteiger partial charge in [0.15, 0.2) is 5.11 Å². The van der Waals surface area contributed by atoms with E-state index >= 15 is 0 Å². The first-order valence-corrected chi connectivity index (χ1v) is 8.21. The van der Waals surface area contributed by atoms with Crippen LogP contribution in [0.5, 0.6) is 0 Å². The predicted molar refractivity (Wildman–Crippen MR) is 100 cm³/mol. The summed E-state index contributed by atoms with van der Waals surface area (Å²) in [6.07, 6.45) is 0.766. The average molecular weight is 365 g/mol. The van der Waals surface area contributed by atoms with Gasteiger partial charge >= 0.3 is 0 Å². The molecule has 0 atom stereocenters. The largest absolute Gasteiger partial charge is 0.362 e. The van der Waals surface area contributed by atoms with Crippen LogP contribution < -0.4 is 10.6 Å². The third-order valence-electron chi connectivity index (χ3n) is 3.24. The third kappa shape index (κ3) is 4.34. The number of thiocarbonyl (C=S) groups is 1. The molecule has 7 heteroatoms. The van der Waals surface area contributed by atoms with Crippen molar-refractivity contribution >= 4 is 57.5 Å². The van der Waals surface area contributed by atoms with Crippen molar-refractivity contribution < 1.29 is 0 Å². The van der Waals surface area contributed by atoms with Gasteiger partial charge in [0.05, 0.1) is 11.0 Å². The molecule has 23 heavy (non-hydrogen) atoms. The zero-order chi connectivity index (χ0) is 16.2. The number of hydrogen-bond donors (Lipinski definition) is 3. The number of hydrogen-bond acceptors (Lipinski definition) is 2. The minimum atomic E-state index is 0.511. The topological polar surface area (TPSA) is 52.7 Å².